The van der Waals surface area contributed by atoms with Gasteiger partial charge in [-0.2, -0.15) is 13.2 Å². The molecule has 0 saturated heterocycles. The van der Waals surface area contributed by atoms with Gasteiger partial charge < -0.3 is 4.79 Å². The fraction of sp³-hybridized carbons (Fsp3) is 0.889. The lowest BCUT2D eigenvalue weighted by Gasteiger charge is -2.23. The van der Waals surface area contributed by atoms with Crippen molar-refractivity contribution >= 4 is 6.29 Å². The summed E-state index contributed by atoms with van der Waals surface area (Å²) in [4.78, 5) is 9.87. The maximum Gasteiger partial charge on any atom is 0.422 e. The lowest BCUT2D eigenvalue weighted by molar-refractivity contribution is -0.226. The zero-order valence-corrected chi connectivity index (χ0v) is 8.44. The van der Waals surface area contributed by atoms with Crippen LogP contribution < -0.4 is 0 Å². The molecule has 0 aromatic carbocycles. The lowest BCUT2D eigenvalue weighted by atomic mass is 9.99. The first-order valence-electron chi connectivity index (χ1n) is 4.50. The second-order valence-electron chi connectivity index (χ2n) is 3.46. The molecule has 0 spiro atoms. The van der Waals surface area contributed by atoms with E-state index in [2.05, 4.69) is 0 Å². The van der Waals surface area contributed by atoms with Gasteiger partial charge in [0.15, 0.2) is 0 Å². The average molecular weight is 234 g/mol. The SMILES string of the molecule is CC(F)(CCCCCC=O)C(F)(F)F.F. The molecule has 0 amide bonds. The fourth-order valence-electron chi connectivity index (χ4n) is 1.00. The molecule has 0 aliphatic rings. The third-order valence-electron chi connectivity index (χ3n) is 2.06. The van der Waals surface area contributed by atoms with Crippen LogP contribution in [0.15, 0.2) is 0 Å². The van der Waals surface area contributed by atoms with Gasteiger partial charge in [0.05, 0.1) is 0 Å². The second-order valence-corrected chi connectivity index (χ2v) is 3.46. The van der Waals surface area contributed by atoms with E-state index in [0.29, 0.717) is 32.5 Å². The third kappa shape index (κ3) is 6.41. The largest absolute Gasteiger partial charge is 0.422 e. The predicted molar refractivity (Wildman–Crippen MR) is 47.2 cm³/mol. The van der Waals surface area contributed by atoms with Crippen LogP contribution in [0.5, 0.6) is 0 Å². The second kappa shape index (κ2) is 6.74. The van der Waals surface area contributed by atoms with Gasteiger partial charge >= 0.3 is 6.18 Å². The van der Waals surface area contributed by atoms with Gasteiger partial charge in [0.25, 0.3) is 0 Å². The number of halogens is 5. The highest BCUT2D eigenvalue weighted by Gasteiger charge is 2.51. The maximum atomic E-state index is 12.9. The number of alkyl halides is 4. The molecule has 0 heterocycles. The molecule has 0 aliphatic carbocycles. The normalized spacial score (nSPS) is 15.3. The molecule has 0 bridgehead atoms. The minimum atomic E-state index is -4.79. The highest BCUT2D eigenvalue weighted by Crippen LogP contribution is 2.37. The number of carbonyl (C=O) groups excluding carboxylic acids is 1. The third-order valence-corrected chi connectivity index (χ3v) is 2.06. The quantitative estimate of drug-likeness (QED) is 0.390. The van der Waals surface area contributed by atoms with E-state index in [1.807, 2.05) is 0 Å². The topological polar surface area (TPSA) is 17.1 Å². The Hall–Kier alpha value is -0.680. The summed E-state index contributed by atoms with van der Waals surface area (Å²) in [6, 6.07) is 0. The molecule has 0 radical (unpaired) electrons. The van der Waals surface area contributed by atoms with Gasteiger partial charge in [0, 0.05) is 6.42 Å². The van der Waals surface area contributed by atoms with Gasteiger partial charge in [0.2, 0.25) is 5.67 Å². The highest BCUT2D eigenvalue weighted by atomic mass is 19.4. The van der Waals surface area contributed by atoms with Crippen LogP contribution in [0.4, 0.5) is 22.3 Å². The van der Waals surface area contributed by atoms with Crippen LogP contribution in [0.3, 0.4) is 0 Å². The summed E-state index contributed by atoms with van der Waals surface area (Å²) in [5, 5.41) is 0. The number of aldehydes is 1. The fourth-order valence-corrected chi connectivity index (χ4v) is 1.00. The van der Waals surface area contributed by atoms with Crippen molar-refractivity contribution in [1.29, 1.82) is 0 Å². The monoisotopic (exact) mass is 234 g/mol. The summed E-state index contributed by atoms with van der Waals surface area (Å²) < 4.78 is 48.8. The van der Waals surface area contributed by atoms with E-state index in [0.717, 1.165) is 0 Å². The first-order valence-corrected chi connectivity index (χ1v) is 4.50. The van der Waals surface area contributed by atoms with Crippen LogP contribution in [-0.4, -0.2) is 18.1 Å². The van der Waals surface area contributed by atoms with Crippen molar-refractivity contribution in [3.05, 3.63) is 0 Å². The van der Waals surface area contributed by atoms with Gasteiger partial charge in [-0.05, 0) is 26.2 Å². The Kier molecular flexibility index (Phi) is 7.52. The van der Waals surface area contributed by atoms with Gasteiger partial charge in [-0.3, -0.25) is 4.70 Å². The summed E-state index contributed by atoms with van der Waals surface area (Å²) in [6.45, 7) is 0.548. The molecule has 92 valence electrons. The van der Waals surface area contributed by atoms with Gasteiger partial charge in [-0.1, -0.05) is 6.42 Å². The van der Waals surface area contributed by atoms with E-state index >= 15 is 0 Å². The van der Waals surface area contributed by atoms with Crippen LogP contribution in [0.25, 0.3) is 0 Å². The minimum Gasteiger partial charge on any atom is -0.303 e. The van der Waals surface area contributed by atoms with E-state index in [4.69, 9.17) is 0 Å². The Morgan fingerprint density at radius 3 is 2.00 bits per heavy atom. The molecular weight excluding hydrogens is 219 g/mol. The van der Waals surface area contributed by atoms with Crippen LogP contribution in [-0.2, 0) is 4.79 Å². The molecular formula is C9H15F5O. The number of rotatable bonds is 6. The minimum absolute atomic E-state index is 0. The molecule has 0 aromatic rings. The van der Waals surface area contributed by atoms with E-state index < -0.39 is 18.3 Å². The van der Waals surface area contributed by atoms with E-state index in [9.17, 15) is 22.4 Å². The molecule has 6 heteroatoms. The first-order chi connectivity index (χ1) is 6.31. The van der Waals surface area contributed by atoms with E-state index in [1.54, 1.807) is 0 Å². The van der Waals surface area contributed by atoms with Crippen LogP contribution in [0.1, 0.15) is 39.0 Å². The van der Waals surface area contributed by atoms with Crippen molar-refractivity contribution in [2.24, 2.45) is 0 Å². The summed E-state index contributed by atoms with van der Waals surface area (Å²) >= 11 is 0. The van der Waals surface area contributed by atoms with Crippen molar-refractivity contribution in [2.45, 2.75) is 50.9 Å². The lowest BCUT2D eigenvalue weighted by Crippen LogP contribution is -2.37. The van der Waals surface area contributed by atoms with Gasteiger partial charge in [0.1, 0.15) is 6.29 Å². The zero-order chi connectivity index (χ0) is 11.2. The number of carbonyl (C=O) groups is 1. The zero-order valence-electron chi connectivity index (χ0n) is 8.44. The number of hydrogen-bond acceptors (Lipinski definition) is 1. The Morgan fingerprint density at radius 1 is 1.07 bits per heavy atom. The van der Waals surface area contributed by atoms with E-state index in [1.165, 1.54) is 0 Å². The Labute approximate surface area is 85.2 Å². The molecule has 0 aromatic heterocycles. The predicted octanol–water partition coefficient (Wildman–Crippen LogP) is 3.58. The summed E-state index contributed by atoms with van der Waals surface area (Å²) in [5.74, 6) is 0. The standard InChI is InChI=1S/C9H14F4O.FH/c1-8(10,9(11,12)13)6-4-2-3-5-7-14;/h7H,2-6H2,1H3;1H. The first kappa shape index (κ1) is 16.7. The van der Waals surface area contributed by atoms with Crippen LogP contribution in [0.2, 0.25) is 0 Å². The van der Waals surface area contributed by atoms with Crippen molar-refractivity contribution in [3.8, 4) is 0 Å². The van der Waals surface area contributed by atoms with Crippen molar-refractivity contribution in [1.82, 2.24) is 0 Å². The Bertz CT molecular complexity index is 176. The van der Waals surface area contributed by atoms with Gasteiger partial charge in [-0.25, -0.2) is 4.39 Å². The maximum absolute atomic E-state index is 12.9. The van der Waals surface area contributed by atoms with E-state index in [-0.39, 0.29) is 11.1 Å². The van der Waals surface area contributed by atoms with Crippen LogP contribution >= 0.6 is 0 Å². The Balaban J connectivity index is 0. The molecule has 0 saturated carbocycles. The summed E-state index contributed by atoms with van der Waals surface area (Å²) in [5.41, 5.74) is -3.10. The Morgan fingerprint density at radius 2 is 1.60 bits per heavy atom. The van der Waals surface area contributed by atoms with Crippen LogP contribution in [0, 0.1) is 0 Å². The molecule has 15 heavy (non-hydrogen) atoms. The summed E-state index contributed by atoms with van der Waals surface area (Å²) in [7, 11) is 0. The van der Waals surface area contributed by atoms with Crippen molar-refractivity contribution < 1.29 is 27.1 Å². The molecule has 0 aliphatic heterocycles. The number of unbranched alkanes of at least 4 members (excludes halogenated alkanes) is 3. The molecule has 0 N–H and O–H groups in total. The highest BCUT2D eigenvalue weighted by molar-refractivity contribution is 5.48. The summed E-state index contributed by atoms with van der Waals surface area (Å²) in [6.07, 6.45) is -3.16. The molecule has 0 fully saturated rings. The molecule has 0 rings (SSSR count). The van der Waals surface area contributed by atoms with Crippen molar-refractivity contribution in [3.63, 3.8) is 0 Å². The molecule has 1 unspecified atom stereocenters. The van der Waals surface area contributed by atoms with Gasteiger partial charge in [-0.15, -0.1) is 0 Å². The van der Waals surface area contributed by atoms with Crippen molar-refractivity contribution in [2.75, 3.05) is 0 Å². The number of hydrogen-bond donors (Lipinski definition) is 0. The average Bonchev–Trinajstić information content (AvgIpc) is 2.02. The molecule has 1 atom stereocenters. The smallest absolute Gasteiger partial charge is 0.303 e. The molecule has 1 nitrogen and oxygen atoms in total.